The van der Waals surface area contributed by atoms with Gasteiger partial charge in [0.05, 0.1) is 0 Å². The lowest BCUT2D eigenvalue weighted by molar-refractivity contribution is 0.443. The van der Waals surface area contributed by atoms with Crippen LogP contribution in [0.25, 0.3) is 0 Å². The molecule has 0 spiro atoms. The van der Waals surface area contributed by atoms with Crippen molar-refractivity contribution in [3.63, 3.8) is 0 Å². The van der Waals surface area contributed by atoms with Crippen LogP contribution in [0.1, 0.15) is 37.3 Å². The van der Waals surface area contributed by atoms with E-state index in [1.807, 2.05) is 6.07 Å². The third-order valence-electron chi connectivity index (χ3n) is 3.31. The number of nitrogens with one attached hydrogen (secondary N) is 1. The molecule has 0 saturated heterocycles. The first kappa shape index (κ1) is 12.1. The summed E-state index contributed by atoms with van der Waals surface area (Å²) in [6.45, 7) is 0.652. The van der Waals surface area contributed by atoms with Crippen LogP contribution in [0.5, 0.6) is 0 Å². The molecule has 1 saturated carbocycles. The van der Waals surface area contributed by atoms with Crippen molar-refractivity contribution in [2.45, 2.75) is 37.8 Å². The highest BCUT2D eigenvalue weighted by Gasteiger charge is 2.20. The second kappa shape index (κ2) is 5.80. The van der Waals surface area contributed by atoms with Gasteiger partial charge in [0.25, 0.3) is 0 Å². The van der Waals surface area contributed by atoms with Gasteiger partial charge in [-0.05, 0) is 24.5 Å². The Balaban J connectivity index is 2.06. The number of benzene rings is 1. The lowest BCUT2D eigenvalue weighted by atomic mass is 10.1. The summed E-state index contributed by atoms with van der Waals surface area (Å²) in [5, 5.41) is 3.67. The summed E-state index contributed by atoms with van der Waals surface area (Å²) in [5.41, 5.74) is 7.14. The summed E-state index contributed by atoms with van der Waals surface area (Å²) in [6.07, 6.45) is 5.29. The van der Waals surface area contributed by atoms with Crippen LogP contribution in [0.3, 0.4) is 0 Å². The van der Waals surface area contributed by atoms with Gasteiger partial charge < -0.3 is 11.1 Å². The molecule has 88 valence electrons. The summed E-state index contributed by atoms with van der Waals surface area (Å²) in [5.74, 6) is 0. The van der Waals surface area contributed by atoms with Crippen molar-refractivity contribution in [2.75, 3.05) is 6.54 Å². The standard InChI is InChI=1S/C13H19BrN2/c14-12-8-4-3-7-11(12)13(9-15)16-10-5-1-2-6-10/h3-4,7-8,10,13,16H,1-2,5-6,9,15H2. The Kier molecular flexibility index (Phi) is 4.38. The Morgan fingerprint density at radius 1 is 1.31 bits per heavy atom. The lowest BCUT2D eigenvalue weighted by Crippen LogP contribution is -2.35. The number of rotatable bonds is 4. The highest BCUT2D eigenvalue weighted by atomic mass is 79.9. The maximum atomic E-state index is 5.87. The van der Waals surface area contributed by atoms with Crippen molar-refractivity contribution >= 4 is 15.9 Å². The van der Waals surface area contributed by atoms with E-state index in [0.29, 0.717) is 12.6 Å². The molecule has 0 radical (unpaired) electrons. The summed E-state index contributed by atoms with van der Waals surface area (Å²) in [7, 11) is 0. The predicted octanol–water partition coefficient (Wildman–Crippen LogP) is 2.98. The topological polar surface area (TPSA) is 38.0 Å². The van der Waals surface area contributed by atoms with Gasteiger partial charge in [-0.25, -0.2) is 0 Å². The highest BCUT2D eigenvalue weighted by Crippen LogP contribution is 2.26. The third kappa shape index (κ3) is 2.84. The summed E-state index contributed by atoms with van der Waals surface area (Å²) < 4.78 is 1.15. The largest absolute Gasteiger partial charge is 0.329 e. The Morgan fingerprint density at radius 2 is 2.00 bits per heavy atom. The molecule has 1 aliphatic carbocycles. The molecular formula is C13H19BrN2. The third-order valence-corrected chi connectivity index (χ3v) is 4.03. The normalized spacial score (nSPS) is 18.9. The molecule has 1 aromatic rings. The van der Waals surface area contributed by atoms with Gasteiger partial charge in [-0.2, -0.15) is 0 Å². The minimum absolute atomic E-state index is 0.277. The van der Waals surface area contributed by atoms with Crippen LogP contribution < -0.4 is 11.1 Å². The molecule has 1 aromatic carbocycles. The van der Waals surface area contributed by atoms with Gasteiger partial charge in [-0.1, -0.05) is 47.0 Å². The lowest BCUT2D eigenvalue weighted by Gasteiger charge is -2.23. The minimum Gasteiger partial charge on any atom is -0.329 e. The summed E-state index contributed by atoms with van der Waals surface area (Å²) in [4.78, 5) is 0. The van der Waals surface area contributed by atoms with Crippen LogP contribution in [0.15, 0.2) is 28.7 Å². The van der Waals surface area contributed by atoms with Crippen molar-refractivity contribution in [1.82, 2.24) is 5.32 Å². The first-order chi connectivity index (χ1) is 7.81. The predicted molar refractivity (Wildman–Crippen MR) is 71.3 cm³/mol. The molecule has 0 aliphatic heterocycles. The molecule has 1 atom stereocenters. The quantitative estimate of drug-likeness (QED) is 0.891. The number of nitrogens with two attached hydrogens (primary N) is 1. The molecule has 1 unspecified atom stereocenters. The molecular weight excluding hydrogens is 264 g/mol. The van der Waals surface area contributed by atoms with E-state index >= 15 is 0 Å². The van der Waals surface area contributed by atoms with Crippen LogP contribution in [0.2, 0.25) is 0 Å². The zero-order valence-corrected chi connectivity index (χ0v) is 11.0. The Labute approximate surface area is 106 Å². The summed E-state index contributed by atoms with van der Waals surface area (Å²) in [6, 6.07) is 9.26. The van der Waals surface area contributed by atoms with Crippen LogP contribution in [0.4, 0.5) is 0 Å². The van der Waals surface area contributed by atoms with Crippen molar-refractivity contribution in [1.29, 1.82) is 0 Å². The average molecular weight is 283 g/mol. The van der Waals surface area contributed by atoms with Gasteiger partial charge >= 0.3 is 0 Å². The fraction of sp³-hybridized carbons (Fsp3) is 0.538. The van der Waals surface area contributed by atoms with Gasteiger partial charge in [0.2, 0.25) is 0 Å². The van der Waals surface area contributed by atoms with E-state index in [4.69, 9.17) is 5.73 Å². The monoisotopic (exact) mass is 282 g/mol. The Hall–Kier alpha value is -0.380. The minimum atomic E-state index is 0.277. The van der Waals surface area contributed by atoms with Crippen LogP contribution in [0, 0.1) is 0 Å². The van der Waals surface area contributed by atoms with Crippen LogP contribution >= 0.6 is 15.9 Å². The first-order valence-electron chi connectivity index (χ1n) is 6.02. The maximum Gasteiger partial charge on any atom is 0.0457 e. The molecule has 1 aliphatic rings. The first-order valence-corrected chi connectivity index (χ1v) is 6.81. The zero-order chi connectivity index (χ0) is 11.4. The molecule has 2 nitrogen and oxygen atoms in total. The second-order valence-corrected chi connectivity index (χ2v) is 5.31. The number of hydrogen-bond acceptors (Lipinski definition) is 2. The van der Waals surface area contributed by atoms with Crippen LogP contribution in [-0.2, 0) is 0 Å². The van der Waals surface area contributed by atoms with E-state index in [1.165, 1.54) is 31.2 Å². The smallest absolute Gasteiger partial charge is 0.0457 e. The Bertz CT molecular complexity index is 334. The van der Waals surface area contributed by atoms with Gasteiger partial charge in [-0.3, -0.25) is 0 Å². The molecule has 0 amide bonds. The van der Waals surface area contributed by atoms with Crippen molar-refractivity contribution in [3.8, 4) is 0 Å². The fourth-order valence-electron chi connectivity index (χ4n) is 2.42. The maximum absolute atomic E-state index is 5.87. The van der Waals surface area contributed by atoms with E-state index in [1.54, 1.807) is 0 Å². The van der Waals surface area contributed by atoms with Crippen molar-refractivity contribution < 1.29 is 0 Å². The molecule has 0 aromatic heterocycles. The van der Waals surface area contributed by atoms with Crippen LogP contribution in [-0.4, -0.2) is 12.6 Å². The van der Waals surface area contributed by atoms with E-state index in [9.17, 15) is 0 Å². The van der Waals surface area contributed by atoms with Crippen molar-refractivity contribution in [3.05, 3.63) is 34.3 Å². The SMILES string of the molecule is NCC(NC1CCCC1)c1ccccc1Br. The molecule has 0 heterocycles. The molecule has 2 rings (SSSR count). The fourth-order valence-corrected chi connectivity index (χ4v) is 2.98. The molecule has 16 heavy (non-hydrogen) atoms. The number of halogens is 1. The van der Waals surface area contributed by atoms with Gasteiger partial charge in [-0.15, -0.1) is 0 Å². The Morgan fingerprint density at radius 3 is 2.62 bits per heavy atom. The van der Waals surface area contributed by atoms with Crippen molar-refractivity contribution in [2.24, 2.45) is 5.73 Å². The summed E-state index contributed by atoms with van der Waals surface area (Å²) >= 11 is 3.59. The van der Waals surface area contributed by atoms with E-state index in [-0.39, 0.29) is 6.04 Å². The van der Waals surface area contributed by atoms with Gasteiger partial charge in [0.1, 0.15) is 0 Å². The highest BCUT2D eigenvalue weighted by molar-refractivity contribution is 9.10. The molecule has 3 heteroatoms. The molecule has 1 fully saturated rings. The molecule has 3 N–H and O–H groups in total. The number of hydrogen-bond donors (Lipinski definition) is 2. The van der Waals surface area contributed by atoms with E-state index < -0.39 is 0 Å². The second-order valence-electron chi connectivity index (χ2n) is 4.46. The van der Waals surface area contributed by atoms with Gasteiger partial charge in [0.15, 0.2) is 0 Å². The average Bonchev–Trinajstić information content (AvgIpc) is 2.80. The van der Waals surface area contributed by atoms with E-state index in [0.717, 1.165) is 4.47 Å². The van der Waals surface area contributed by atoms with E-state index in [2.05, 4.69) is 39.4 Å². The van der Waals surface area contributed by atoms with Gasteiger partial charge in [0, 0.05) is 23.1 Å². The molecule has 0 bridgehead atoms. The zero-order valence-electron chi connectivity index (χ0n) is 9.45.